The normalized spacial score (nSPS) is 11.2. The number of benzene rings is 3. The van der Waals surface area contributed by atoms with E-state index in [4.69, 9.17) is 11.6 Å². The number of halogens is 1. The molecule has 7 nitrogen and oxygen atoms in total. The van der Waals surface area contributed by atoms with Crippen molar-refractivity contribution in [3.8, 4) is 0 Å². The van der Waals surface area contributed by atoms with Crippen molar-refractivity contribution < 1.29 is 13.2 Å². The highest BCUT2D eigenvalue weighted by atomic mass is 35.5. The van der Waals surface area contributed by atoms with Crippen molar-refractivity contribution in [3.63, 3.8) is 0 Å². The lowest BCUT2D eigenvalue weighted by Crippen LogP contribution is -2.23. The molecule has 0 bridgehead atoms. The first-order valence-corrected chi connectivity index (χ1v) is 12.0. The summed E-state index contributed by atoms with van der Waals surface area (Å²) >= 11 is 6.04. The molecule has 33 heavy (non-hydrogen) atoms. The van der Waals surface area contributed by atoms with Gasteiger partial charge in [-0.3, -0.25) is 14.2 Å². The lowest BCUT2D eigenvalue weighted by atomic mass is 10.1. The van der Waals surface area contributed by atoms with Gasteiger partial charge in [-0.2, -0.15) is 5.10 Å². The molecule has 0 atom stereocenters. The van der Waals surface area contributed by atoms with Gasteiger partial charge in [0, 0.05) is 24.5 Å². The average Bonchev–Trinajstić information content (AvgIpc) is 3.33. The molecule has 1 heterocycles. The number of carbonyl (C=O) groups excluding carboxylic acids is 1. The molecule has 0 aliphatic carbocycles. The van der Waals surface area contributed by atoms with Gasteiger partial charge in [0.1, 0.15) is 0 Å². The number of nitrogens with zero attached hydrogens (tertiary/aromatic N) is 2. The van der Waals surface area contributed by atoms with E-state index in [0.717, 1.165) is 11.1 Å². The van der Waals surface area contributed by atoms with Crippen LogP contribution in [-0.4, -0.2) is 24.1 Å². The molecule has 1 amide bonds. The van der Waals surface area contributed by atoms with Gasteiger partial charge in [0.2, 0.25) is 0 Å². The van der Waals surface area contributed by atoms with Gasteiger partial charge >= 0.3 is 0 Å². The van der Waals surface area contributed by atoms with E-state index in [9.17, 15) is 13.2 Å². The maximum Gasteiger partial charge on any atom is 0.261 e. The zero-order valence-corrected chi connectivity index (χ0v) is 19.1. The molecule has 4 rings (SSSR count). The van der Waals surface area contributed by atoms with Crippen LogP contribution < -0.4 is 10.0 Å². The van der Waals surface area contributed by atoms with Crippen molar-refractivity contribution in [1.82, 2.24) is 15.1 Å². The molecule has 1 aromatic heterocycles. The van der Waals surface area contributed by atoms with Crippen LogP contribution >= 0.6 is 11.6 Å². The highest BCUT2D eigenvalue weighted by molar-refractivity contribution is 7.92. The predicted molar refractivity (Wildman–Crippen MR) is 128 cm³/mol. The summed E-state index contributed by atoms with van der Waals surface area (Å²) in [6.07, 6.45) is 3.60. The molecule has 0 unspecified atom stereocenters. The second-order valence-corrected chi connectivity index (χ2v) is 9.35. The maximum absolute atomic E-state index is 12.6. The van der Waals surface area contributed by atoms with Crippen LogP contribution in [0.2, 0.25) is 5.02 Å². The molecule has 0 spiro atoms. The molecule has 4 aromatic rings. The first-order chi connectivity index (χ1) is 15.9. The third-order valence-electron chi connectivity index (χ3n) is 4.99. The summed E-state index contributed by atoms with van der Waals surface area (Å²) in [7, 11) is -3.84. The number of rotatable bonds is 8. The van der Waals surface area contributed by atoms with E-state index < -0.39 is 10.0 Å². The van der Waals surface area contributed by atoms with E-state index in [2.05, 4.69) is 15.1 Å². The van der Waals surface area contributed by atoms with E-state index in [-0.39, 0.29) is 16.5 Å². The van der Waals surface area contributed by atoms with Gasteiger partial charge < -0.3 is 5.32 Å². The quantitative estimate of drug-likeness (QED) is 0.393. The Labute approximate surface area is 197 Å². The molecule has 0 aliphatic heterocycles. The van der Waals surface area contributed by atoms with Gasteiger partial charge in [0.15, 0.2) is 0 Å². The van der Waals surface area contributed by atoms with Crippen molar-refractivity contribution in [2.24, 2.45) is 0 Å². The van der Waals surface area contributed by atoms with Crippen LogP contribution in [0.25, 0.3) is 0 Å². The van der Waals surface area contributed by atoms with Crippen molar-refractivity contribution in [2.45, 2.75) is 18.0 Å². The van der Waals surface area contributed by atoms with Crippen LogP contribution in [0, 0.1) is 0 Å². The molecule has 0 saturated heterocycles. The molecule has 0 radical (unpaired) electrons. The molecular weight excluding hydrogens is 460 g/mol. The van der Waals surface area contributed by atoms with E-state index in [1.54, 1.807) is 30.5 Å². The Kier molecular flexibility index (Phi) is 6.76. The molecule has 0 saturated carbocycles. The molecule has 0 aliphatic rings. The lowest BCUT2D eigenvalue weighted by Gasteiger charge is -2.12. The molecule has 3 aromatic carbocycles. The minimum Gasteiger partial charge on any atom is -0.348 e. The van der Waals surface area contributed by atoms with Gasteiger partial charge in [0.25, 0.3) is 15.9 Å². The lowest BCUT2D eigenvalue weighted by molar-refractivity contribution is 0.0950. The van der Waals surface area contributed by atoms with Crippen LogP contribution in [0.5, 0.6) is 0 Å². The first-order valence-electron chi connectivity index (χ1n) is 10.1. The van der Waals surface area contributed by atoms with E-state index in [1.807, 2.05) is 41.2 Å². The summed E-state index contributed by atoms with van der Waals surface area (Å²) in [5.41, 5.74) is 2.67. The van der Waals surface area contributed by atoms with Gasteiger partial charge in [-0.15, -0.1) is 0 Å². The molecule has 2 N–H and O–H groups in total. The van der Waals surface area contributed by atoms with Crippen LogP contribution in [0.1, 0.15) is 21.5 Å². The Morgan fingerprint density at radius 3 is 2.30 bits per heavy atom. The number of sulfonamides is 1. The van der Waals surface area contributed by atoms with E-state index in [0.29, 0.717) is 23.7 Å². The number of carbonyl (C=O) groups is 1. The monoisotopic (exact) mass is 480 g/mol. The Balaban J connectivity index is 1.42. The minimum atomic E-state index is -3.84. The topological polar surface area (TPSA) is 93.1 Å². The fourth-order valence-electron chi connectivity index (χ4n) is 3.26. The highest BCUT2D eigenvalue weighted by Gasteiger charge is 2.16. The Bertz CT molecular complexity index is 1350. The van der Waals surface area contributed by atoms with Gasteiger partial charge in [-0.1, -0.05) is 48.0 Å². The zero-order valence-electron chi connectivity index (χ0n) is 17.5. The van der Waals surface area contributed by atoms with E-state index in [1.165, 1.54) is 24.3 Å². The summed E-state index contributed by atoms with van der Waals surface area (Å²) in [5, 5.41) is 7.41. The number of nitrogens with one attached hydrogen (secondary N) is 2. The highest BCUT2D eigenvalue weighted by Crippen LogP contribution is 2.24. The van der Waals surface area contributed by atoms with Crippen LogP contribution in [-0.2, 0) is 23.1 Å². The van der Waals surface area contributed by atoms with Gasteiger partial charge in [-0.25, -0.2) is 8.42 Å². The number of anilines is 1. The van der Waals surface area contributed by atoms with Crippen molar-refractivity contribution >= 4 is 33.2 Å². The largest absolute Gasteiger partial charge is 0.348 e. The van der Waals surface area contributed by atoms with Crippen molar-refractivity contribution in [3.05, 3.63) is 113 Å². The fourth-order valence-corrected chi connectivity index (χ4v) is 4.58. The van der Waals surface area contributed by atoms with E-state index >= 15 is 0 Å². The number of amides is 1. The first kappa shape index (κ1) is 22.6. The summed E-state index contributed by atoms with van der Waals surface area (Å²) < 4.78 is 29.5. The number of hydrogen-bond acceptors (Lipinski definition) is 4. The second kappa shape index (κ2) is 9.89. The summed E-state index contributed by atoms with van der Waals surface area (Å²) in [6, 6.07) is 22.0. The van der Waals surface area contributed by atoms with Crippen LogP contribution in [0.3, 0.4) is 0 Å². The SMILES string of the molecule is O=C(NCc1ccccc1Cn1cccn1)c1ccc(S(=O)(=O)Nc2ccccc2Cl)cc1. The van der Waals surface area contributed by atoms with Gasteiger partial charge in [0.05, 0.1) is 22.2 Å². The summed E-state index contributed by atoms with van der Waals surface area (Å²) in [5.74, 6) is -0.299. The Morgan fingerprint density at radius 2 is 1.61 bits per heavy atom. The van der Waals surface area contributed by atoms with Crippen LogP contribution in [0.15, 0.2) is 96.2 Å². The Morgan fingerprint density at radius 1 is 0.909 bits per heavy atom. The third kappa shape index (κ3) is 5.60. The van der Waals surface area contributed by atoms with Crippen molar-refractivity contribution in [2.75, 3.05) is 4.72 Å². The molecule has 0 fully saturated rings. The predicted octanol–water partition coefficient (Wildman–Crippen LogP) is 4.32. The number of aromatic nitrogens is 2. The standard InChI is InChI=1S/C24H21ClN4O3S/c25-22-8-3-4-9-23(22)28-33(31,32)21-12-10-18(11-13-21)24(30)26-16-19-6-1-2-7-20(19)17-29-15-5-14-27-29/h1-15,28H,16-17H2,(H,26,30). The summed E-state index contributed by atoms with van der Waals surface area (Å²) in [6.45, 7) is 0.939. The number of para-hydroxylation sites is 1. The Hall–Kier alpha value is -3.62. The smallest absolute Gasteiger partial charge is 0.261 e. The van der Waals surface area contributed by atoms with Gasteiger partial charge in [-0.05, 0) is 53.6 Å². The van der Waals surface area contributed by atoms with Crippen LogP contribution in [0.4, 0.5) is 5.69 Å². The average molecular weight is 481 g/mol. The zero-order chi connectivity index (χ0) is 23.3. The minimum absolute atomic E-state index is 0.0311. The maximum atomic E-state index is 12.6. The summed E-state index contributed by atoms with van der Waals surface area (Å²) in [4.78, 5) is 12.7. The molecular formula is C24H21ClN4O3S. The second-order valence-electron chi connectivity index (χ2n) is 7.26. The van der Waals surface area contributed by atoms with Crippen molar-refractivity contribution in [1.29, 1.82) is 0 Å². The number of hydrogen-bond donors (Lipinski definition) is 2. The molecule has 9 heteroatoms. The fraction of sp³-hybridized carbons (Fsp3) is 0.0833. The third-order valence-corrected chi connectivity index (χ3v) is 6.71. The molecule has 168 valence electrons.